The molecule has 1 saturated heterocycles. The van der Waals surface area contributed by atoms with Crippen molar-refractivity contribution >= 4 is 0 Å². The van der Waals surface area contributed by atoms with Gasteiger partial charge >= 0.3 is 0 Å². The lowest BCUT2D eigenvalue weighted by Gasteiger charge is -2.30. The van der Waals surface area contributed by atoms with Crippen LogP contribution in [0.4, 0.5) is 0 Å². The van der Waals surface area contributed by atoms with Crippen molar-refractivity contribution in [1.82, 2.24) is 25.5 Å². The van der Waals surface area contributed by atoms with E-state index in [-0.39, 0.29) is 6.04 Å². The van der Waals surface area contributed by atoms with E-state index in [1.165, 1.54) is 0 Å². The minimum atomic E-state index is 0.172. The summed E-state index contributed by atoms with van der Waals surface area (Å²) in [6.07, 6.45) is 0.567. The van der Waals surface area contributed by atoms with Crippen molar-refractivity contribution in [2.75, 3.05) is 26.7 Å². The Balaban J connectivity index is 1.77. The highest BCUT2D eigenvalue weighted by Gasteiger charge is 2.25. The van der Waals surface area contributed by atoms with E-state index < -0.39 is 0 Å². The highest BCUT2D eigenvalue weighted by atomic mass is 16.5. The molecule has 0 bridgehead atoms. The van der Waals surface area contributed by atoms with Crippen LogP contribution in [0.5, 0.6) is 0 Å². The van der Waals surface area contributed by atoms with Gasteiger partial charge in [-0.1, -0.05) is 10.3 Å². The first-order chi connectivity index (χ1) is 9.65. The van der Waals surface area contributed by atoms with Gasteiger partial charge in [0.25, 0.3) is 0 Å². The van der Waals surface area contributed by atoms with Crippen LogP contribution < -0.4 is 5.32 Å². The molecule has 0 aromatic carbocycles. The molecule has 7 heteroatoms. The van der Waals surface area contributed by atoms with Crippen molar-refractivity contribution in [1.29, 1.82) is 0 Å². The van der Waals surface area contributed by atoms with Gasteiger partial charge in [-0.25, -0.2) is 0 Å². The lowest BCUT2D eigenvalue weighted by atomic mass is 10.1. The third-order valence-electron chi connectivity index (χ3n) is 3.80. The molecule has 1 fully saturated rings. The summed E-state index contributed by atoms with van der Waals surface area (Å²) in [4.78, 5) is 6.75. The quantitative estimate of drug-likeness (QED) is 0.890. The van der Waals surface area contributed by atoms with Crippen LogP contribution in [0.15, 0.2) is 9.05 Å². The Morgan fingerprint density at radius 3 is 2.85 bits per heavy atom. The van der Waals surface area contributed by atoms with E-state index in [0.29, 0.717) is 12.3 Å². The van der Waals surface area contributed by atoms with Gasteiger partial charge < -0.3 is 14.4 Å². The van der Waals surface area contributed by atoms with Crippen molar-refractivity contribution in [3.05, 3.63) is 28.7 Å². The van der Waals surface area contributed by atoms with Gasteiger partial charge in [0.05, 0.1) is 18.2 Å². The third kappa shape index (κ3) is 2.46. The van der Waals surface area contributed by atoms with Crippen molar-refractivity contribution in [3.63, 3.8) is 0 Å². The van der Waals surface area contributed by atoms with Crippen molar-refractivity contribution < 1.29 is 9.05 Å². The Bertz CT molecular complexity index is 572. The van der Waals surface area contributed by atoms with Gasteiger partial charge in [0, 0.05) is 25.2 Å². The molecule has 0 radical (unpaired) electrons. The first-order valence-corrected chi connectivity index (χ1v) is 6.80. The highest BCUT2D eigenvalue weighted by Crippen LogP contribution is 2.20. The van der Waals surface area contributed by atoms with Crippen LogP contribution in [0.1, 0.15) is 34.8 Å². The second-order valence-electron chi connectivity index (χ2n) is 5.23. The zero-order valence-electron chi connectivity index (χ0n) is 12.0. The lowest BCUT2D eigenvalue weighted by molar-refractivity contribution is 0.190. The molecule has 0 saturated carbocycles. The lowest BCUT2D eigenvalue weighted by Crippen LogP contribution is -2.44. The largest absolute Gasteiger partial charge is 0.361 e. The maximum Gasteiger partial charge on any atom is 0.231 e. The van der Waals surface area contributed by atoms with Gasteiger partial charge in [-0.3, -0.25) is 4.90 Å². The minimum Gasteiger partial charge on any atom is -0.361 e. The van der Waals surface area contributed by atoms with Crippen molar-refractivity contribution in [3.8, 4) is 0 Å². The Labute approximate surface area is 117 Å². The number of rotatable bonds is 3. The molecule has 1 aliphatic heterocycles. The number of hydrogen-bond acceptors (Lipinski definition) is 7. The maximum atomic E-state index is 5.36. The van der Waals surface area contributed by atoms with E-state index >= 15 is 0 Å². The molecule has 108 valence electrons. The van der Waals surface area contributed by atoms with Gasteiger partial charge in [-0.2, -0.15) is 4.98 Å². The van der Waals surface area contributed by atoms with Gasteiger partial charge in [0.1, 0.15) is 5.76 Å². The van der Waals surface area contributed by atoms with Crippen LogP contribution in [-0.4, -0.2) is 46.9 Å². The topological polar surface area (TPSA) is 80.2 Å². The fourth-order valence-corrected chi connectivity index (χ4v) is 2.47. The van der Waals surface area contributed by atoms with Crippen molar-refractivity contribution in [2.45, 2.75) is 26.3 Å². The number of aryl methyl sites for hydroxylation is 2. The molecule has 2 aromatic heterocycles. The summed E-state index contributed by atoms with van der Waals surface area (Å²) in [6, 6.07) is 0.172. The van der Waals surface area contributed by atoms with Gasteiger partial charge in [0.2, 0.25) is 5.89 Å². The van der Waals surface area contributed by atoms with E-state index in [0.717, 1.165) is 42.5 Å². The van der Waals surface area contributed by atoms with E-state index in [1.807, 2.05) is 13.8 Å². The predicted molar refractivity (Wildman–Crippen MR) is 71.3 cm³/mol. The van der Waals surface area contributed by atoms with Crippen LogP contribution in [0.25, 0.3) is 0 Å². The normalized spacial score (nSPS) is 20.4. The number of nitrogens with zero attached hydrogens (tertiary/aromatic N) is 4. The molecule has 3 heterocycles. The molecule has 20 heavy (non-hydrogen) atoms. The molecule has 1 aliphatic rings. The summed E-state index contributed by atoms with van der Waals surface area (Å²) in [6.45, 7) is 6.64. The summed E-state index contributed by atoms with van der Waals surface area (Å²) < 4.78 is 10.5. The molecule has 7 nitrogen and oxygen atoms in total. The SMILES string of the molecule is Cc1noc(C)c1Cc1nc(C2CNCCN2C)no1. The third-order valence-corrected chi connectivity index (χ3v) is 3.80. The molecular formula is C13H19N5O2. The van der Waals surface area contributed by atoms with Gasteiger partial charge in [0.15, 0.2) is 5.82 Å². The summed E-state index contributed by atoms with van der Waals surface area (Å²) in [5.74, 6) is 2.15. The number of likely N-dealkylation sites (N-methyl/N-ethyl adjacent to an activating group) is 1. The summed E-state index contributed by atoms with van der Waals surface area (Å²) in [7, 11) is 2.08. The summed E-state index contributed by atoms with van der Waals surface area (Å²) in [5.41, 5.74) is 1.90. The molecule has 1 N–H and O–H groups in total. The van der Waals surface area contributed by atoms with E-state index in [2.05, 4.69) is 32.6 Å². The molecule has 1 atom stereocenters. The Morgan fingerprint density at radius 1 is 1.30 bits per heavy atom. The van der Waals surface area contributed by atoms with E-state index in [4.69, 9.17) is 9.05 Å². The number of nitrogens with one attached hydrogen (secondary N) is 1. The molecule has 1 unspecified atom stereocenters. The highest BCUT2D eigenvalue weighted by molar-refractivity contribution is 5.24. The first kappa shape index (κ1) is 13.3. The van der Waals surface area contributed by atoms with Crippen LogP contribution in [0.3, 0.4) is 0 Å². The van der Waals surface area contributed by atoms with Crippen molar-refractivity contribution in [2.24, 2.45) is 0 Å². The molecular weight excluding hydrogens is 258 g/mol. The average Bonchev–Trinajstić information content (AvgIpc) is 3.02. The Morgan fingerprint density at radius 2 is 2.15 bits per heavy atom. The van der Waals surface area contributed by atoms with Crippen LogP contribution in [0.2, 0.25) is 0 Å². The standard InChI is InChI=1S/C13H19N5O2/c1-8-10(9(2)19-16-8)6-12-15-13(17-20-12)11-7-14-4-5-18(11)3/h11,14H,4-7H2,1-3H3. The number of piperazine rings is 1. The second-order valence-corrected chi connectivity index (χ2v) is 5.23. The Hall–Kier alpha value is -1.73. The first-order valence-electron chi connectivity index (χ1n) is 6.80. The zero-order valence-corrected chi connectivity index (χ0v) is 12.0. The molecule has 0 aliphatic carbocycles. The molecule has 0 amide bonds. The summed E-state index contributed by atoms with van der Waals surface area (Å²) >= 11 is 0. The Kier molecular flexibility index (Phi) is 3.54. The van der Waals surface area contributed by atoms with Gasteiger partial charge in [-0.05, 0) is 20.9 Å². The minimum absolute atomic E-state index is 0.172. The average molecular weight is 277 g/mol. The van der Waals surface area contributed by atoms with E-state index in [1.54, 1.807) is 0 Å². The van der Waals surface area contributed by atoms with Crippen LogP contribution in [-0.2, 0) is 6.42 Å². The van der Waals surface area contributed by atoms with Crippen LogP contribution >= 0.6 is 0 Å². The fourth-order valence-electron chi connectivity index (χ4n) is 2.47. The fraction of sp³-hybridized carbons (Fsp3) is 0.615. The zero-order chi connectivity index (χ0) is 14.1. The number of hydrogen-bond donors (Lipinski definition) is 1. The summed E-state index contributed by atoms with van der Waals surface area (Å²) in [5, 5.41) is 11.4. The van der Waals surface area contributed by atoms with E-state index in [9.17, 15) is 0 Å². The smallest absolute Gasteiger partial charge is 0.231 e. The monoisotopic (exact) mass is 277 g/mol. The molecule has 0 spiro atoms. The van der Waals surface area contributed by atoms with Crippen LogP contribution in [0, 0.1) is 13.8 Å². The number of aromatic nitrogens is 3. The maximum absolute atomic E-state index is 5.36. The molecule has 3 rings (SSSR count). The second kappa shape index (κ2) is 5.34. The van der Waals surface area contributed by atoms with Gasteiger partial charge in [-0.15, -0.1) is 0 Å². The predicted octanol–water partition coefficient (Wildman–Crippen LogP) is 0.841. The molecule has 2 aromatic rings.